The Labute approximate surface area is 146 Å². The summed E-state index contributed by atoms with van der Waals surface area (Å²) in [7, 11) is 0. The van der Waals surface area contributed by atoms with Crippen molar-refractivity contribution in [1.29, 1.82) is 0 Å². The van der Waals surface area contributed by atoms with Gasteiger partial charge in [-0.25, -0.2) is 4.98 Å². The molecule has 0 unspecified atom stereocenters. The number of aryl methyl sites for hydroxylation is 3. The predicted molar refractivity (Wildman–Crippen MR) is 97.1 cm³/mol. The summed E-state index contributed by atoms with van der Waals surface area (Å²) in [5.74, 6) is 0.781. The van der Waals surface area contributed by atoms with Gasteiger partial charge in [-0.05, 0) is 32.9 Å². The van der Waals surface area contributed by atoms with Crippen LogP contribution >= 0.6 is 11.3 Å². The molecule has 0 bridgehead atoms. The number of amides is 1. The van der Waals surface area contributed by atoms with E-state index in [2.05, 4.69) is 16.8 Å². The number of nitrogens with zero attached hydrogens (tertiary/aromatic N) is 3. The third kappa shape index (κ3) is 3.87. The Hall–Kier alpha value is -2.08. The van der Waals surface area contributed by atoms with E-state index in [-0.39, 0.29) is 12.5 Å². The van der Waals surface area contributed by atoms with Crippen molar-refractivity contribution >= 4 is 22.4 Å². The molecule has 2 heterocycles. The number of hydrogen-bond donors (Lipinski definition) is 0. The summed E-state index contributed by atoms with van der Waals surface area (Å²) < 4.78 is 5.59. The van der Waals surface area contributed by atoms with E-state index >= 15 is 0 Å². The van der Waals surface area contributed by atoms with Gasteiger partial charge < -0.3 is 14.5 Å². The third-order valence-electron chi connectivity index (χ3n) is 4.30. The molecule has 3 rings (SSSR count). The first-order valence-electron chi connectivity index (χ1n) is 8.19. The van der Waals surface area contributed by atoms with Crippen LogP contribution < -0.4 is 9.64 Å². The van der Waals surface area contributed by atoms with Crippen molar-refractivity contribution in [1.82, 2.24) is 9.88 Å². The molecule has 1 fully saturated rings. The average molecular weight is 345 g/mol. The van der Waals surface area contributed by atoms with Gasteiger partial charge in [0.15, 0.2) is 11.7 Å². The van der Waals surface area contributed by atoms with Gasteiger partial charge >= 0.3 is 0 Å². The fourth-order valence-electron chi connectivity index (χ4n) is 2.61. The molecule has 5 nitrogen and oxygen atoms in total. The molecule has 1 aromatic carbocycles. The van der Waals surface area contributed by atoms with Crippen LogP contribution in [0.3, 0.4) is 0 Å². The average Bonchev–Trinajstić information content (AvgIpc) is 2.93. The Morgan fingerprint density at radius 1 is 1.12 bits per heavy atom. The molecule has 0 N–H and O–H groups in total. The van der Waals surface area contributed by atoms with Gasteiger partial charge in [-0.15, -0.1) is 11.3 Å². The smallest absolute Gasteiger partial charge is 0.260 e. The van der Waals surface area contributed by atoms with Crippen LogP contribution in [0.2, 0.25) is 0 Å². The third-order valence-corrected chi connectivity index (χ3v) is 5.44. The van der Waals surface area contributed by atoms with Gasteiger partial charge in [0.25, 0.3) is 5.91 Å². The maximum Gasteiger partial charge on any atom is 0.260 e. The zero-order valence-electron chi connectivity index (χ0n) is 14.4. The van der Waals surface area contributed by atoms with Gasteiger partial charge in [0.1, 0.15) is 5.75 Å². The molecule has 24 heavy (non-hydrogen) atoms. The zero-order valence-corrected chi connectivity index (χ0v) is 15.2. The van der Waals surface area contributed by atoms with Crippen LogP contribution in [-0.4, -0.2) is 48.6 Å². The fraction of sp³-hybridized carbons (Fsp3) is 0.444. The largest absolute Gasteiger partial charge is 0.484 e. The van der Waals surface area contributed by atoms with Crippen molar-refractivity contribution in [2.24, 2.45) is 0 Å². The second kappa shape index (κ2) is 7.21. The van der Waals surface area contributed by atoms with E-state index in [1.807, 2.05) is 43.0 Å². The van der Waals surface area contributed by atoms with Gasteiger partial charge in [0, 0.05) is 31.1 Å². The van der Waals surface area contributed by atoms with Crippen LogP contribution in [0.5, 0.6) is 5.75 Å². The molecule has 0 radical (unpaired) electrons. The van der Waals surface area contributed by atoms with Crippen LogP contribution in [0.4, 0.5) is 5.13 Å². The van der Waals surface area contributed by atoms with Crippen molar-refractivity contribution in [3.63, 3.8) is 0 Å². The monoisotopic (exact) mass is 345 g/mol. The quantitative estimate of drug-likeness (QED) is 0.855. The van der Waals surface area contributed by atoms with E-state index in [0.29, 0.717) is 13.1 Å². The molecule has 2 aromatic rings. The lowest BCUT2D eigenvalue weighted by molar-refractivity contribution is -0.133. The molecular formula is C18H23N3O2S. The summed E-state index contributed by atoms with van der Waals surface area (Å²) >= 11 is 1.73. The van der Waals surface area contributed by atoms with Gasteiger partial charge in [-0.1, -0.05) is 17.7 Å². The summed E-state index contributed by atoms with van der Waals surface area (Å²) in [4.78, 5) is 22.3. The minimum absolute atomic E-state index is 0.0433. The first kappa shape index (κ1) is 16.8. The number of carbonyl (C=O) groups is 1. The van der Waals surface area contributed by atoms with Crippen molar-refractivity contribution in [2.75, 3.05) is 37.7 Å². The number of hydrogen-bond acceptors (Lipinski definition) is 5. The van der Waals surface area contributed by atoms with Crippen LogP contribution in [-0.2, 0) is 4.79 Å². The van der Waals surface area contributed by atoms with E-state index in [9.17, 15) is 4.79 Å². The Balaban J connectivity index is 1.48. The minimum atomic E-state index is 0.0433. The molecule has 1 aromatic heterocycles. The lowest BCUT2D eigenvalue weighted by atomic mass is 10.2. The number of ether oxygens (including phenoxy) is 1. The Bertz CT molecular complexity index is 684. The normalized spacial score (nSPS) is 14.8. The van der Waals surface area contributed by atoms with Crippen LogP contribution in [0.25, 0.3) is 0 Å². The topological polar surface area (TPSA) is 45.7 Å². The van der Waals surface area contributed by atoms with Crippen molar-refractivity contribution < 1.29 is 9.53 Å². The van der Waals surface area contributed by atoms with E-state index in [1.54, 1.807) is 11.3 Å². The van der Waals surface area contributed by atoms with E-state index in [4.69, 9.17) is 4.74 Å². The number of rotatable bonds is 4. The van der Waals surface area contributed by atoms with E-state index in [0.717, 1.165) is 29.7 Å². The molecule has 0 saturated carbocycles. The number of benzene rings is 1. The summed E-state index contributed by atoms with van der Waals surface area (Å²) in [6.45, 7) is 9.33. The lowest BCUT2D eigenvalue weighted by Gasteiger charge is -2.34. The summed E-state index contributed by atoms with van der Waals surface area (Å²) in [6, 6.07) is 7.76. The van der Waals surface area contributed by atoms with Gasteiger partial charge in [-0.2, -0.15) is 0 Å². The second-order valence-electron chi connectivity index (χ2n) is 6.11. The molecule has 128 valence electrons. The number of carbonyl (C=O) groups excluding carboxylic acids is 1. The molecule has 0 atom stereocenters. The highest BCUT2D eigenvalue weighted by Gasteiger charge is 2.23. The second-order valence-corrected chi connectivity index (χ2v) is 7.29. The summed E-state index contributed by atoms with van der Waals surface area (Å²) in [5, 5.41) is 1.06. The summed E-state index contributed by atoms with van der Waals surface area (Å²) in [6.07, 6.45) is 0. The predicted octanol–water partition coefficient (Wildman–Crippen LogP) is 2.80. The van der Waals surface area contributed by atoms with E-state index in [1.165, 1.54) is 10.4 Å². The number of aromatic nitrogens is 1. The van der Waals surface area contributed by atoms with Gasteiger partial charge in [0.05, 0.1) is 5.69 Å². The SMILES string of the molecule is Cc1ccc(OCC(=O)N2CCN(c3nc(C)c(C)s3)CC2)cc1. The Morgan fingerprint density at radius 3 is 2.38 bits per heavy atom. The van der Waals surface area contributed by atoms with E-state index < -0.39 is 0 Å². The van der Waals surface area contributed by atoms with Crippen LogP contribution in [0, 0.1) is 20.8 Å². The Kier molecular flexibility index (Phi) is 5.04. The van der Waals surface area contributed by atoms with Crippen LogP contribution in [0.1, 0.15) is 16.1 Å². The highest BCUT2D eigenvalue weighted by Crippen LogP contribution is 2.26. The maximum absolute atomic E-state index is 12.3. The molecule has 1 aliphatic rings. The molecule has 1 amide bonds. The number of thiazole rings is 1. The minimum Gasteiger partial charge on any atom is -0.484 e. The number of piperazine rings is 1. The zero-order chi connectivity index (χ0) is 17.1. The van der Waals surface area contributed by atoms with Gasteiger partial charge in [-0.3, -0.25) is 4.79 Å². The first-order chi connectivity index (χ1) is 11.5. The molecule has 0 aliphatic carbocycles. The standard InChI is InChI=1S/C18H23N3O2S/c1-13-4-6-16(7-5-13)23-12-17(22)20-8-10-21(11-9-20)18-19-14(2)15(3)24-18/h4-7H,8-12H2,1-3H3. The highest BCUT2D eigenvalue weighted by atomic mass is 32.1. The van der Waals surface area contributed by atoms with Crippen molar-refractivity contribution in [3.05, 3.63) is 40.4 Å². The Morgan fingerprint density at radius 2 is 1.79 bits per heavy atom. The summed E-state index contributed by atoms with van der Waals surface area (Å²) in [5.41, 5.74) is 2.28. The fourth-order valence-corrected chi connectivity index (χ4v) is 3.57. The highest BCUT2D eigenvalue weighted by molar-refractivity contribution is 7.15. The molecule has 6 heteroatoms. The van der Waals surface area contributed by atoms with Crippen LogP contribution in [0.15, 0.2) is 24.3 Å². The lowest BCUT2D eigenvalue weighted by Crippen LogP contribution is -2.50. The number of anilines is 1. The molecule has 0 spiro atoms. The molecule has 1 aliphatic heterocycles. The van der Waals surface area contributed by atoms with Crippen molar-refractivity contribution in [2.45, 2.75) is 20.8 Å². The van der Waals surface area contributed by atoms with Gasteiger partial charge in [0.2, 0.25) is 0 Å². The van der Waals surface area contributed by atoms with Crippen molar-refractivity contribution in [3.8, 4) is 5.75 Å². The first-order valence-corrected chi connectivity index (χ1v) is 9.01. The maximum atomic E-state index is 12.3. The molecule has 1 saturated heterocycles. The molecular weight excluding hydrogens is 322 g/mol.